The Kier molecular flexibility index (Phi) is 3.71. The number of sulfonamides is 1. The Bertz CT molecular complexity index is 662. The first-order chi connectivity index (χ1) is 8.38. The van der Waals surface area contributed by atoms with Gasteiger partial charge in [-0.2, -0.15) is 0 Å². The molecule has 6 nitrogen and oxygen atoms in total. The number of hydrogen-bond donors (Lipinski definition) is 1. The van der Waals surface area contributed by atoms with Gasteiger partial charge in [0.1, 0.15) is 5.76 Å². The molecule has 2 heterocycles. The van der Waals surface area contributed by atoms with Crippen LogP contribution in [0.15, 0.2) is 14.8 Å². The molecule has 0 radical (unpaired) electrons. The van der Waals surface area contributed by atoms with Gasteiger partial charge in [0, 0.05) is 6.07 Å². The third-order valence-corrected chi connectivity index (χ3v) is 5.36. The molecule has 98 valence electrons. The van der Waals surface area contributed by atoms with Gasteiger partial charge in [-0.15, -0.1) is 0 Å². The van der Waals surface area contributed by atoms with Crippen LogP contribution < -0.4 is 4.72 Å². The number of nitrogens with zero attached hydrogens (tertiary/aromatic N) is 2. The van der Waals surface area contributed by atoms with Crippen molar-refractivity contribution in [2.75, 3.05) is 0 Å². The zero-order chi connectivity index (χ0) is 13.3. The Morgan fingerprint density at radius 1 is 1.50 bits per heavy atom. The lowest BCUT2D eigenvalue weighted by Gasteiger charge is -2.02. The van der Waals surface area contributed by atoms with E-state index in [9.17, 15) is 8.42 Å². The Morgan fingerprint density at radius 2 is 2.22 bits per heavy atom. The molecule has 9 heteroatoms. The third kappa shape index (κ3) is 2.89. The van der Waals surface area contributed by atoms with E-state index >= 15 is 0 Å². The van der Waals surface area contributed by atoms with Gasteiger partial charge in [0.2, 0.25) is 0 Å². The van der Waals surface area contributed by atoms with Crippen molar-refractivity contribution in [2.24, 2.45) is 0 Å². The van der Waals surface area contributed by atoms with E-state index in [0.717, 1.165) is 11.3 Å². The number of nitrogens with one attached hydrogen (secondary N) is 1. The molecule has 0 amide bonds. The van der Waals surface area contributed by atoms with Crippen LogP contribution in [0.1, 0.15) is 17.1 Å². The molecule has 0 aliphatic heterocycles. The number of halogens is 1. The van der Waals surface area contributed by atoms with Crippen molar-refractivity contribution in [2.45, 2.75) is 24.6 Å². The lowest BCUT2D eigenvalue weighted by atomic mass is 10.4. The fraction of sp³-hybridized carbons (Fsp3) is 0.333. The third-order valence-electron chi connectivity index (χ3n) is 2.09. The summed E-state index contributed by atoms with van der Waals surface area (Å²) in [5.41, 5.74) is 0.901. The standard InChI is InChI=1S/C9H10ClN3O3S2/c1-5-3-7(13-16-5)4-11-18(14,15)8-6(2)12-9(10)17-8/h3,11H,4H2,1-2H3. The molecule has 2 aromatic rings. The highest BCUT2D eigenvalue weighted by molar-refractivity contribution is 7.91. The highest BCUT2D eigenvalue weighted by atomic mass is 35.5. The minimum absolute atomic E-state index is 0.0641. The second kappa shape index (κ2) is 4.96. The molecule has 0 fully saturated rings. The molecule has 0 unspecified atom stereocenters. The molecule has 18 heavy (non-hydrogen) atoms. The predicted molar refractivity (Wildman–Crippen MR) is 67.1 cm³/mol. The molecule has 0 saturated heterocycles. The minimum Gasteiger partial charge on any atom is -0.361 e. The Morgan fingerprint density at radius 3 is 2.72 bits per heavy atom. The summed E-state index contributed by atoms with van der Waals surface area (Å²) in [6.45, 7) is 3.39. The van der Waals surface area contributed by atoms with Crippen molar-refractivity contribution in [3.05, 3.63) is 27.7 Å². The average Bonchev–Trinajstić information content (AvgIpc) is 2.82. The molecule has 0 aromatic carbocycles. The number of rotatable bonds is 4. The van der Waals surface area contributed by atoms with Crippen molar-refractivity contribution >= 4 is 33.0 Å². The molecule has 1 N–H and O–H groups in total. The zero-order valence-electron chi connectivity index (χ0n) is 9.60. The van der Waals surface area contributed by atoms with Crippen molar-refractivity contribution in [3.63, 3.8) is 0 Å². The fourth-order valence-electron chi connectivity index (χ4n) is 1.34. The Labute approximate surface area is 113 Å². The van der Waals surface area contributed by atoms with Crippen LogP contribution in [0.2, 0.25) is 4.47 Å². The lowest BCUT2D eigenvalue weighted by Crippen LogP contribution is -2.23. The lowest BCUT2D eigenvalue weighted by molar-refractivity contribution is 0.390. The van der Waals surface area contributed by atoms with Gasteiger partial charge in [-0.25, -0.2) is 18.1 Å². The van der Waals surface area contributed by atoms with Crippen LogP contribution in [0.3, 0.4) is 0 Å². The summed E-state index contributed by atoms with van der Waals surface area (Å²) in [7, 11) is -3.62. The molecule has 2 rings (SSSR count). The van der Waals surface area contributed by atoms with Crippen LogP contribution in [0.4, 0.5) is 0 Å². The summed E-state index contributed by atoms with van der Waals surface area (Å²) < 4.78 is 31.6. The molecule has 0 bridgehead atoms. The summed E-state index contributed by atoms with van der Waals surface area (Å²) in [6.07, 6.45) is 0. The van der Waals surface area contributed by atoms with Gasteiger partial charge >= 0.3 is 0 Å². The SMILES string of the molecule is Cc1cc(CNS(=O)(=O)c2sc(Cl)nc2C)no1. The monoisotopic (exact) mass is 307 g/mol. The maximum Gasteiger partial charge on any atom is 0.252 e. The summed E-state index contributed by atoms with van der Waals surface area (Å²) in [5, 5.41) is 3.70. The summed E-state index contributed by atoms with van der Waals surface area (Å²) in [5.74, 6) is 0.626. The van der Waals surface area contributed by atoms with Crippen LogP contribution in [-0.4, -0.2) is 18.6 Å². The van der Waals surface area contributed by atoms with Gasteiger partial charge in [-0.05, 0) is 13.8 Å². The van der Waals surface area contributed by atoms with E-state index in [4.69, 9.17) is 16.1 Å². The number of aromatic nitrogens is 2. The van der Waals surface area contributed by atoms with E-state index in [2.05, 4.69) is 14.9 Å². The minimum atomic E-state index is -3.62. The molecule has 2 aromatic heterocycles. The maximum absolute atomic E-state index is 12.0. The predicted octanol–water partition coefficient (Wildman–Crippen LogP) is 1.88. The highest BCUT2D eigenvalue weighted by Crippen LogP contribution is 2.26. The normalized spacial score (nSPS) is 11.9. The van der Waals surface area contributed by atoms with E-state index in [0.29, 0.717) is 17.1 Å². The maximum atomic E-state index is 12.0. The molecular weight excluding hydrogens is 298 g/mol. The first kappa shape index (κ1) is 13.5. The smallest absolute Gasteiger partial charge is 0.252 e. The Hall–Kier alpha value is -0.960. The van der Waals surface area contributed by atoms with Crippen molar-refractivity contribution in [3.8, 4) is 0 Å². The van der Waals surface area contributed by atoms with Crippen molar-refractivity contribution < 1.29 is 12.9 Å². The largest absolute Gasteiger partial charge is 0.361 e. The number of aryl methyl sites for hydroxylation is 2. The van der Waals surface area contributed by atoms with E-state index in [1.165, 1.54) is 0 Å². The summed E-state index contributed by atoms with van der Waals surface area (Å²) in [4.78, 5) is 3.87. The van der Waals surface area contributed by atoms with E-state index in [1.54, 1.807) is 19.9 Å². The van der Waals surface area contributed by atoms with Gasteiger partial charge in [-0.1, -0.05) is 28.1 Å². The molecule has 0 aliphatic carbocycles. The summed E-state index contributed by atoms with van der Waals surface area (Å²) in [6, 6.07) is 1.66. The van der Waals surface area contributed by atoms with E-state index in [-0.39, 0.29) is 15.2 Å². The molecule has 0 spiro atoms. The van der Waals surface area contributed by atoms with Gasteiger partial charge in [0.15, 0.2) is 8.68 Å². The van der Waals surface area contributed by atoms with Crippen LogP contribution >= 0.6 is 22.9 Å². The number of thiazole rings is 1. The second-order valence-corrected chi connectivity index (χ2v) is 7.14. The molecule has 0 saturated carbocycles. The van der Waals surface area contributed by atoms with Crippen molar-refractivity contribution in [1.82, 2.24) is 14.9 Å². The zero-order valence-corrected chi connectivity index (χ0v) is 12.0. The van der Waals surface area contributed by atoms with Crippen LogP contribution in [-0.2, 0) is 16.6 Å². The van der Waals surface area contributed by atoms with Gasteiger partial charge < -0.3 is 4.52 Å². The molecular formula is C9H10ClN3O3S2. The molecule has 0 aliphatic rings. The van der Waals surface area contributed by atoms with Crippen LogP contribution in [0.25, 0.3) is 0 Å². The Balaban J connectivity index is 2.15. The second-order valence-electron chi connectivity index (χ2n) is 3.59. The highest BCUT2D eigenvalue weighted by Gasteiger charge is 2.21. The van der Waals surface area contributed by atoms with Gasteiger partial charge in [-0.3, -0.25) is 0 Å². The topological polar surface area (TPSA) is 85.1 Å². The quantitative estimate of drug-likeness (QED) is 0.932. The fourth-order valence-corrected chi connectivity index (χ4v) is 4.12. The van der Waals surface area contributed by atoms with Gasteiger partial charge in [0.05, 0.1) is 17.9 Å². The van der Waals surface area contributed by atoms with Crippen LogP contribution in [0, 0.1) is 13.8 Å². The summed E-state index contributed by atoms with van der Waals surface area (Å²) >= 11 is 6.60. The van der Waals surface area contributed by atoms with E-state index < -0.39 is 10.0 Å². The molecule has 0 atom stereocenters. The van der Waals surface area contributed by atoms with Gasteiger partial charge in [0.25, 0.3) is 10.0 Å². The average molecular weight is 308 g/mol. The van der Waals surface area contributed by atoms with E-state index in [1.807, 2.05) is 0 Å². The van der Waals surface area contributed by atoms with Crippen molar-refractivity contribution in [1.29, 1.82) is 0 Å². The first-order valence-corrected chi connectivity index (χ1v) is 7.61. The number of hydrogen-bond acceptors (Lipinski definition) is 6. The first-order valence-electron chi connectivity index (χ1n) is 4.93. The van der Waals surface area contributed by atoms with Crippen LogP contribution in [0.5, 0.6) is 0 Å².